The third-order valence-corrected chi connectivity index (χ3v) is 3.35. The van der Waals surface area contributed by atoms with Crippen LogP contribution in [0.2, 0.25) is 5.02 Å². The van der Waals surface area contributed by atoms with Crippen LogP contribution >= 0.6 is 27.5 Å². The monoisotopic (exact) mass is 310 g/mol. The molecule has 0 unspecified atom stereocenters. The number of benzene rings is 2. The molecule has 0 aliphatic rings. The van der Waals surface area contributed by atoms with Crippen molar-refractivity contribution in [3.8, 4) is 5.75 Å². The van der Waals surface area contributed by atoms with E-state index >= 15 is 0 Å². The first-order valence-electron chi connectivity index (χ1n) is 5.29. The molecule has 2 aromatic rings. The van der Waals surface area contributed by atoms with Crippen LogP contribution in [-0.4, -0.2) is 0 Å². The molecule has 0 heterocycles. The fraction of sp³-hybridized carbons (Fsp3) is 0.143. The standard InChI is InChI=1S/C14H12BrClO/c1-10-6-7-12(15)8-14(10)17-9-11-4-2-3-5-13(11)16/h2-8H,9H2,1H3. The first kappa shape index (κ1) is 12.5. The molecule has 0 radical (unpaired) electrons. The van der Waals surface area contributed by atoms with Crippen LogP contribution in [0.5, 0.6) is 5.75 Å². The van der Waals surface area contributed by atoms with Gasteiger partial charge in [-0.05, 0) is 30.7 Å². The molecule has 2 aromatic carbocycles. The first-order valence-corrected chi connectivity index (χ1v) is 6.46. The van der Waals surface area contributed by atoms with Crippen LogP contribution in [0, 0.1) is 6.92 Å². The van der Waals surface area contributed by atoms with Crippen LogP contribution in [0.1, 0.15) is 11.1 Å². The lowest BCUT2D eigenvalue weighted by Crippen LogP contribution is -1.97. The van der Waals surface area contributed by atoms with Gasteiger partial charge in [-0.15, -0.1) is 0 Å². The smallest absolute Gasteiger partial charge is 0.123 e. The number of rotatable bonds is 3. The molecule has 2 rings (SSSR count). The molecule has 1 nitrogen and oxygen atoms in total. The zero-order chi connectivity index (χ0) is 12.3. The maximum atomic E-state index is 6.07. The molecule has 3 heteroatoms. The van der Waals surface area contributed by atoms with Crippen LogP contribution in [-0.2, 0) is 6.61 Å². The second kappa shape index (κ2) is 5.56. The van der Waals surface area contributed by atoms with Gasteiger partial charge >= 0.3 is 0 Å². The highest BCUT2D eigenvalue weighted by Gasteiger charge is 2.03. The van der Waals surface area contributed by atoms with E-state index in [2.05, 4.69) is 15.9 Å². The topological polar surface area (TPSA) is 9.23 Å². The van der Waals surface area contributed by atoms with Crippen LogP contribution in [0.4, 0.5) is 0 Å². The van der Waals surface area contributed by atoms with Crippen LogP contribution < -0.4 is 4.74 Å². The van der Waals surface area contributed by atoms with Gasteiger partial charge in [0.1, 0.15) is 12.4 Å². The number of aryl methyl sites for hydroxylation is 1. The Bertz CT molecular complexity index is 525. The summed E-state index contributed by atoms with van der Waals surface area (Å²) in [6, 6.07) is 13.7. The minimum atomic E-state index is 0.483. The normalized spacial score (nSPS) is 10.3. The fourth-order valence-corrected chi connectivity index (χ4v) is 2.03. The predicted molar refractivity (Wildman–Crippen MR) is 74.7 cm³/mol. The molecule has 88 valence electrons. The van der Waals surface area contributed by atoms with Crippen molar-refractivity contribution in [2.45, 2.75) is 13.5 Å². The van der Waals surface area contributed by atoms with Crippen molar-refractivity contribution in [2.24, 2.45) is 0 Å². The first-order chi connectivity index (χ1) is 8.16. The van der Waals surface area contributed by atoms with Crippen molar-refractivity contribution in [1.29, 1.82) is 0 Å². The van der Waals surface area contributed by atoms with Crippen molar-refractivity contribution < 1.29 is 4.74 Å². The summed E-state index contributed by atoms with van der Waals surface area (Å²) in [5.74, 6) is 0.874. The minimum absolute atomic E-state index is 0.483. The van der Waals surface area contributed by atoms with E-state index in [1.807, 2.05) is 49.4 Å². The van der Waals surface area contributed by atoms with Gasteiger partial charge in [-0.25, -0.2) is 0 Å². The fourth-order valence-electron chi connectivity index (χ4n) is 1.50. The Hall–Kier alpha value is -0.990. The van der Waals surface area contributed by atoms with Gasteiger partial charge in [0, 0.05) is 15.1 Å². The Morgan fingerprint density at radius 1 is 1.18 bits per heavy atom. The molecular weight excluding hydrogens is 300 g/mol. The molecule has 0 atom stereocenters. The van der Waals surface area contributed by atoms with Crippen molar-refractivity contribution in [3.63, 3.8) is 0 Å². The highest BCUT2D eigenvalue weighted by Crippen LogP contribution is 2.25. The van der Waals surface area contributed by atoms with Gasteiger partial charge in [0.25, 0.3) is 0 Å². The van der Waals surface area contributed by atoms with Crippen molar-refractivity contribution >= 4 is 27.5 Å². The summed E-state index contributed by atoms with van der Waals surface area (Å²) < 4.78 is 6.78. The highest BCUT2D eigenvalue weighted by molar-refractivity contribution is 9.10. The molecule has 0 amide bonds. The quantitative estimate of drug-likeness (QED) is 0.776. The molecule has 0 aliphatic heterocycles. The van der Waals surface area contributed by atoms with E-state index in [9.17, 15) is 0 Å². The molecule has 0 saturated carbocycles. The van der Waals surface area contributed by atoms with Gasteiger partial charge in [-0.1, -0.05) is 51.8 Å². The SMILES string of the molecule is Cc1ccc(Br)cc1OCc1ccccc1Cl. The van der Waals surface area contributed by atoms with E-state index in [1.165, 1.54) is 0 Å². The number of hydrogen-bond acceptors (Lipinski definition) is 1. The van der Waals surface area contributed by atoms with E-state index in [4.69, 9.17) is 16.3 Å². The summed E-state index contributed by atoms with van der Waals surface area (Å²) in [6.45, 7) is 2.51. The predicted octanol–water partition coefficient (Wildman–Crippen LogP) is 4.99. The lowest BCUT2D eigenvalue weighted by atomic mass is 10.2. The average molecular weight is 312 g/mol. The van der Waals surface area contributed by atoms with Gasteiger partial charge in [0.15, 0.2) is 0 Å². The Balaban J connectivity index is 2.12. The zero-order valence-corrected chi connectivity index (χ0v) is 11.8. The Labute approximate surface area is 115 Å². The average Bonchev–Trinajstić information content (AvgIpc) is 2.32. The number of ether oxygens (including phenoxy) is 1. The lowest BCUT2D eigenvalue weighted by molar-refractivity contribution is 0.304. The van der Waals surface area contributed by atoms with E-state index in [0.29, 0.717) is 6.61 Å². The van der Waals surface area contributed by atoms with E-state index in [-0.39, 0.29) is 0 Å². The van der Waals surface area contributed by atoms with Crippen LogP contribution in [0.25, 0.3) is 0 Å². The van der Waals surface area contributed by atoms with E-state index in [0.717, 1.165) is 26.4 Å². The van der Waals surface area contributed by atoms with Gasteiger partial charge < -0.3 is 4.74 Å². The number of halogens is 2. The molecule has 0 aliphatic carbocycles. The zero-order valence-electron chi connectivity index (χ0n) is 9.41. The lowest BCUT2D eigenvalue weighted by Gasteiger charge is -2.10. The van der Waals surface area contributed by atoms with Crippen molar-refractivity contribution in [3.05, 3.63) is 63.1 Å². The van der Waals surface area contributed by atoms with Crippen LogP contribution in [0.15, 0.2) is 46.9 Å². The Kier molecular flexibility index (Phi) is 4.08. The molecule has 0 spiro atoms. The van der Waals surface area contributed by atoms with Gasteiger partial charge in [0.2, 0.25) is 0 Å². The maximum Gasteiger partial charge on any atom is 0.123 e. The third-order valence-electron chi connectivity index (χ3n) is 2.49. The summed E-state index contributed by atoms with van der Waals surface area (Å²) in [5.41, 5.74) is 2.11. The second-order valence-corrected chi connectivity index (χ2v) is 5.11. The van der Waals surface area contributed by atoms with Crippen molar-refractivity contribution in [2.75, 3.05) is 0 Å². The Morgan fingerprint density at radius 2 is 1.94 bits per heavy atom. The summed E-state index contributed by atoms with van der Waals surface area (Å²) >= 11 is 9.50. The molecule has 0 N–H and O–H groups in total. The molecule has 0 saturated heterocycles. The molecule has 0 bridgehead atoms. The van der Waals surface area contributed by atoms with E-state index < -0.39 is 0 Å². The summed E-state index contributed by atoms with van der Waals surface area (Å²) in [6.07, 6.45) is 0. The second-order valence-electron chi connectivity index (χ2n) is 3.79. The van der Waals surface area contributed by atoms with Crippen molar-refractivity contribution in [1.82, 2.24) is 0 Å². The van der Waals surface area contributed by atoms with E-state index in [1.54, 1.807) is 0 Å². The van der Waals surface area contributed by atoms with Gasteiger partial charge in [-0.3, -0.25) is 0 Å². The van der Waals surface area contributed by atoms with Crippen LogP contribution in [0.3, 0.4) is 0 Å². The molecule has 0 fully saturated rings. The summed E-state index contributed by atoms with van der Waals surface area (Å²) in [5, 5.41) is 0.736. The number of hydrogen-bond donors (Lipinski definition) is 0. The summed E-state index contributed by atoms with van der Waals surface area (Å²) in [4.78, 5) is 0. The summed E-state index contributed by atoms with van der Waals surface area (Å²) in [7, 11) is 0. The highest BCUT2D eigenvalue weighted by atomic mass is 79.9. The Morgan fingerprint density at radius 3 is 2.71 bits per heavy atom. The largest absolute Gasteiger partial charge is 0.489 e. The molecule has 0 aromatic heterocycles. The van der Waals surface area contributed by atoms with Gasteiger partial charge in [-0.2, -0.15) is 0 Å². The molecule has 17 heavy (non-hydrogen) atoms. The minimum Gasteiger partial charge on any atom is -0.489 e. The third kappa shape index (κ3) is 3.24. The molecular formula is C14H12BrClO. The van der Waals surface area contributed by atoms with Gasteiger partial charge in [0.05, 0.1) is 0 Å². The maximum absolute atomic E-state index is 6.07.